The van der Waals surface area contributed by atoms with Crippen LogP contribution in [0.2, 0.25) is 0 Å². The smallest absolute Gasteiger partial charge is 0.407 e. The molecule has 3 heterocycles. The minimum atomic E-state index is -0.916. The molecule has 0 spiro atoms. The van der Waals surface area contributed by atoms with Gasteiger partial charge in [0, 0.05) is 32.5 Å². The third-order valence-corrected chi connectivity index (χ3v) is 4.88. The van der Waals surface area contributed by atoms with Crippen LogP contribution in [-0.2, 0) is 0 Å². The summed E-state index contributed by atoms with van der Waals surface area (Å²) in [6, 6.07) is 3.66. The number of likely N-dealkylation sites (tertiary alicyclic amines) is 1. The van der Waals surface area contributed by atoms with Crippen LogP contribution in [0.3, 0.4) is 0 Å². The molecule has 1 atom stereocenters. The van der Waals surface area contributed by atoms with Gasteiger partial charge in [0.2, 0.25) is 5.75 Å². The standard InChI is InChI=1S/C20H28N6O5/c1-12(27)10-21-16-5-4-15(13(2)24-16)25-18-17(30-3)19(23-11-22-18)31-14-6-8-26(9-7-14)20(28)29/h4-5,11-12,14,27H,6-10H2,1-3H3,(H,21,24)(H,28,29)(H,22,23,25). The number of anilines is 3. The molecule has 1 unspecified atom stereocenters. The number of piperidine rings is 1. The fourth-order valence-corrected chi connectivity index (χ4v) is 3.21. The van der Waals surface area contributed by atoms with Gasteiger partial charge in [-0.3, -0.25) is 0 Å². The van der Waals surface area contributed by atoms with Crippen LogP contribution in [0.5, 0.6) is 11.6 Å². The number of rotatable bonds is 8. The van der Waals surface area contributed by atoms with Crippen molar-refractivity contribution in [3.05, 3.63) is 24.2 Å². The molecule has 0 aromatic carbocycles. The first kappa shape index (κ1) is 22.3. The maximum atomic E-state index is 11.1. The number of methoxy groups -OCH3 is 1. The molecule has 1 fully saturated rings. The third-order valence-electron chi connectivity index (χ3n) is 4.88. The molecule has 1 amide bonds. The topological polar surface area (TPSA) is 142 Å². The molecule has 0 radical (unpaired) electrons. The predicted molar refractivity (Wildman–Crippen MR) is 114 cm³/mol. The largest absolute Gasteiger partial charge is 0.489 e. The Morgan fingerprint density at radius 3 is 2.68 bits per heavy atom. The van der Waals surface area contributed by atoms with Crippen molar-refractivity contribution in [3.63, 3.8) is 0 Å². The van der Waals surface area contributed by atoms with Crippen LogP contribution in [0.25, 0.3) is 0 Å². The Morgan fingerprint density at radius 1 is 1.32 bits per heavy atom. The number of aryl methyl sites for hydroxylation is 1. The summed E-state index contributed by atoms with van der Waals surface area (Å²) >= 11 is 0. The number of amides is 1. The van der Waals surface area contributed by atoms with Gasteiger partial charge in [0.25, 0.3) is 5.88 Å². The van der Waals surface area contributed by atoms with E-state index in [9.17, 15) is 9.90 Å². The zero-order chi connectivity index (χ0) is 22.4. The van der Waals surface area contributed by atoms with Crippen molar-refractivity contribution >= 4 is 23.4 Å². The Kier molecular flexibility index (Phi) is 7.29. The minimum Gasteiger partial charge on any atom is -0.489 e. The molecule has 11 heteroatoms. The molecule has 31 heavy (non-hydrogen) atoms. The van der Waals surface area contributed by atoms with Crippen molar-refractivity contribution in [2.24, 2.45) is 0 Å². The normalized spacial score (nSPS) is 15.3. The van der Waals surface area contributed by atoms with Crippen LogP contribution in [0.1, 0.15) is 25.5 Å². The monoisotopic (exact) mass is 432 g/mol. The molecule has 11 nitrogen and oxygen atoms in total. The van der Waals surface area contributed by atoms with E-state index >= 15 is 0 Å². The average molecular weight is 432 g/mol. The SMILES string of the molecule is COc1c(Nc2ccc(NCC(C)O)nc2C)ncnc1OC1CCN(C(=O)O)CC1. The van der Waals surface area contributed by atoms with Crippen molar-refractivity contribution in [2.75, 3.05) is 37.4 Å². The van der Waals surface area contributed by atoms with E-state index < -0.39 is 12.2 Å². The van der Waals surface area contributed by atoms with Gasteiger partial charge in [0.1, 0.15) is 18.2 Å². The first-order valence-electron chi connectivity index (χ1n) is 10.1. The summed E-state index contributed by atoms with van der Waals surface area (Å²) in [4.78, 5) is 25.4. The first-order chi connectivity index (χ1) is 14.9. The lowest BCUT2D eigenvalue weighted by molar-refractivity contribution is 0.0852. The number of aromatic nitrogens is 3. The van der Waals surface area contributed by atoms with Gasteiger partial charge in [-0.05, 0) is 26.0 Å². The summed E-state index contributed by atoms with van der Waals surface area (Å²) in [5.74, 6) is 1.76. The molecule has 0 bridgehead atoms. The second-order valence-corrected chi connectivity index (χ2v) is 7.33. The molecule has 1 aliphatic heterocycles. The maximum absolute atomic E-state index is 11.1. The van der Waals surface area contributed by atoms with Gasteiger partial charge in [0.15, 0.2) is 5.82 Å². The van der Waals surface area contributed by atoms with Crippen LogP contribution < -0.4 is 20.1 Å². The van der Waals surface area contributed by atoms with Crippen LogP contribution >= 0.6 is 0 Å². The number of hydrogen-bond donors (Lipinski definition) is 4. The van der Waals surface area contributed by atoms with Crippen molar-refractivity contribution < 1.29 is 24.5 Å². The highest BCUT2D eigenvalue weighted by Crippen LogP contribution is 2.35. The van der Waals surface area contributed by atoms with E-state index in [0.717, 1.165) is 11.4 Å². The molecule has 0 saturated carbocycles. The summed E-state index contributed by atoms with van der Waals surface area (Å²) in [7, 11) is 1.51. The number of aliphatic hydroxyl groups is 1. The quantitative estimate of drug-likeness (QED) is 0.490. The molecule has 2 aromatic rings. The number of carboxylic acid groups (broad SMARTS) is 1. The summed E-state index contributed by atoms with van der Waals surface area (Å²) in [5.41, 5.74) is 1.47. The van der Waals surface area contributed by atoms with Crippen molar-refractivity contribution in [1.82, 2.24) is 19.9 Å². The van der Waals surface area contributed by atoms with Gasteiger partial charge in [-0.25, -0.2) is 14.8 Å². The lowest BCUT2D eigenvalue weighted by Crippen LogP contribution is -2.41. The first-order valence-corrected chi connectivity index (χ1v) is 10.1. The third kappa shape index (κ3) is 5.85. The van der Waals surface area contributed by atoms with Gasteiger partial charge in [0.05, 0.1) is 24.6 Å². The fourth-order valence-electron chi connectivity index (χ4n) is 3.21. The Balaban J connectivity index is 1.71. The number of carbonyl (C=O) groups is 1. The van der Waals surface area contributed by atoms with Gasteiger partial charge in [-0.2, -0.15) is 4.98 Å². The highest BCUT2D eigenvalue weighted by molar-refractivity contribution is 5.67. The summed E-state index contributed by atoms with van der Waals surface area (Å²) in [6.45, 7) is 4.80. The highest BCUT2D eigenvalue weighted by atomic mass is 16.5. The molecule has 2 aromatic heterocycles. The van der Waals surface area contributed by atoms with Gasteiger partial charge in [-0.1, -0.05) is 0 Å². The van der Waals surface area contributed by atoms with Crippen LogP contribution in [0.15, 0.2) is 18.5 Å². The second kappa shape index (κ2) is 10.1. The highest BCUT2D eigenvalue weighted by Gasteiger charge is 2.25. The predicted octanol–water partition coefficient (Wildman–Crippen LogP) is 2.25. The van der Waals surface area contributed by atoms with Crippen LogP contribution in [0, 0.1) is 6.92 Å². The molecule has 168 valence electrons. The molecule has 4 N–H and O–H groups in total. The number of aliphatic hydroxyl groups excluding tert-OH is 1. The van der Waals surface area contributed by atoms with Gasteiger partial charge in [-0.15, -0.1) is 0 Å². The van der Waals surface area contributed by atoms with Crippen molar-refractivity contribution in [3.8, 4) is 11.6 Å². The van der Waals surface area contributed by atoms with E-state index in [1.165, 1.54) is 18.3 Å². The number of nitrogens with zero attached hydrogens (tertiary/aromatic N) is 4. The summed E-state index contributed by atoms with van der Waals surface area (Å²) in [5, 5.41) is 24.7. The molecule has 0 aliphatic carbocycles. The second-order valence-electron chi connectivity index (χ2n) is 7.33. The fraction of sp³-hybridized carbons (Fsp3) is 0.500. The van der Waals surface area contributed by atoms with Crippen LogP contribution in [0.4, 0.5) is 22.1 Å². The number of hydrogen-bond acceptors (Lipinski definition) is 9. The number of ether oxygens (including phenoxy) is 2. The van der Waals surface area contributed by atoms with E-state index in [1.54, 1.807) is 13.0 Å². The molecule has 3 rings (SSSR count). The van der Waals surface area contributed by atoms with E-state index in [0.29, 0.717) is 55.7 Å². The summed E-state index contributed by atoms with van der Waals surface area (Å²) in [6.07, 6.45) is 0.988. The van der Waals surface area contributed by atoms with Gasteiger partial charge >= 0.3 is 6.09 Å². The van der Waals surface area contributed by atoms with E-state index in [2.05, 4.69) is 25.6 Å². The Bertz CT molecular complexity index is 902. The van der Waals surface area contributed by atoms with Crippen molar-refractivity contribution in [2.45, 2.75) is 38.9 Å². The van der Waals surface area contributed by atoms with E-state index in [1.807, 2.05) is 13.0 Å². The zero-order valence-corrected chi connectivity index (χ0v) is 17.8. The average Bonchev–Trinajstić information content (AvgIpc) is 2.74. The molecule has 1 aliphatic rings. The molecular weight excluding hydrogens is 404 g/mol. The van der Waals surface area contributed by atoms with Crippen LogP contribution in [-0.4, -0.2) is 75.1 Å². The van der Waals surface area contributed by atoms with Gasteiger partial charge < -0.3 is 35.2 Å². The Hall–Kier alpha value is -3.34. The Morgan fingerprint density at radius 2 is 2.06 bits per heavy atom. The number of pyridine rings is 1. The lowest BCUT2D eigenvalue weighted by Gasteiger charge is -2.30. The lowest BCUT2D eigenvalue weighted by atomic mass is 10.1. The molecule has 1 saturated heterocycles. The Labute approximate surface area is 180 Å². The van der Waals surface area contributed by atoms with E-state index in [-0.39, 0.29) is 6.10 Å². The van der Waals surface area contributed by atoms with Crippen molar-refractivity contribution in [1.29, 1.82) is 0 Å². The maximum Gasteiger partial charge on any atom is 0.407 e. The number of nitrogens with one attached hydrogen (secondary N) is 2. The zero-order valence-electron chi connectivity index (χ0n) is 17.8. The summed E-state index contributed by atoms with van der Waals surface area (Å²) < 4.78 is 11.5. The van der Waals surface area contributed by atoms with E-state index in [4.69, 9.17) is 14.6 Å². The molecular formula is C20H28N6O5. The minimum absolute atomic E-state index is 0.157.